The predicted molar refractivity (Wildman–Crippen MR) is 145 cm³/mol. The molecular formula is C27H38N5O4S+. The molecular weight excluding hydrogens is 490 g/mol. The number of amides is 2. The molecule has 37 heavy (non-hydrogen) atoms. The van der Waals surface area contributed by atoms with Crippen LogP contribution in [0.2, 0.25) is 0 Å². The van der Waals surface area contributed by atoms with Gasteiger partial charge in [-0.05, 0) is 53.1 Å². The SMILES string of the molecule is Cc1ccc(C(=O)Nc2cc(C(C)(C)C)ccc2S(C)(=O)=O)cc1N1C=C(C(=O)NCC(C)(C)C)N[NH2+]1. The molecule has 0 aliphatic carbocycles. The second-order valence-corrected chi connectivity index (χ2v) is 13.6. The molecule has 5 N–H and O–H groups in total. The highest BCUT2D eigenvalue weighted by molar-refractivity contribution is 7.90. The van der Waals surface area contributed by atoms with Gasteiger partial charge in [0.15, 0.2) is 15.5 Å². The Hall–Kier alpha value is -3.37. The Bertz CT molecular complexity index is 1350. The lowest BCUT2D eigenvalue weighted by molar-refractivity contribution is -0.699. The minimum Gasteiger partial charge on any atom is -0.350 e. The molecule has 1 aliphatic heterocycles. The Morgan fingerprint density at radius 1 is 1.00 bits per heavy atom. The van der Waals surface area contributed by atoms with Gasteiger partial charge in [-0.15, -0.1) is 5.53 Å². The summed E-state index contributed by atoms with van der Waals surface area (Å²) in [6, 6.07) is 10.2. The van der Waals surface area contributed by atoms with Gasteiger partial charge >= 0.3 is 0 Å². The summed E-state index contributed by atoms with van der Waals surface area (Å²) in [7, 11) is -3.56. The highest BCUT2D eigenvalue weighted by Gasteiger charge is 2.26. The average Bonchev–Trinajstić information content (AvgIpc) is 3.26. The number of benzene rings is 2. The monoisotopic (exact) mass is 528 g/mol. The van der Waals surface area contributed by atoms with E-state index in [1.54, 1.807) is 41.0 Å². The van der Waals surface area contributed by atoms with Crippen molar-refractivity contribution < 1.29 is 23.5 Å². The summed E-state index contributed by atoms with van der Waals surface area (Å²) in [5.74, 6) is -0.649. The van der Waals surface area contributed by atoms with Crippen LogP contribution in [0.15, 0.2) is 53.2 Å². The van der Waals surface area contributed by atoms with Crippen molar-refractivity contribution in [2.75, 3.05) is 23.1 Å². The fraction of sp³-hybridized carbons (Fsp3) is 0.407. The summed E-state index contributed by atoms with van der Waals surface area (Å²) < 4.78 is 24.8. The van der Waals surface area contributed by atoms with Crippen LogP contribution in [0.3, 0.4) is 0 Å². The van der Waals surface area contributed by atoms with Crippen molar-refractivity contribution >= 4 is 33.0 Å². The van der Waals surface area contributed by atoms with Crippen LogP contribution in [0.4, 0.5) is 11.4 Å². The third kappa shape index (κ3) is 7.11. The number of quaternary nitrogens is 1. The first kappa shape index (κ1) is 28.2. The van der Waals surface area contributed by atoms with E-state index in [1.165, 1.54) is 6.07 Å². The van der Waals surface area contributed by atoms with Gasteiger partial charge in [-0.25, -0.2) is 13.8 Å². The van der Waals surface area contributed by atoms with Crippen LogP contribution in [0.5, 0.6) is 0 Å². The van der Waals surface area contributed by atoms with Crippen molar-refractivity contribution in [1.82, 2.24) is 10.7 Å². The van der Waals surface area contributed by atoms with Gasteiger partial charge < -0.3 is 10.6 Å². The summed E-state index contributed by atoms with van der Waals surface area (Å²) in [4.78, 5) is 25.9. The number of nitrogens with zero attached hydrogens (tertiary/aromatic N) is 1. The zero-order valence-corrected chi connectivity index (χ0v) is 23.6. The first-order valence-electron chi connectivity index (χ1n) is 12.1. The van der Waals surface area contributed by atoms with Gasteiger partial charge in [-0.3, -0.25) is 9.59 Å². The summed E-state index contributed by atoms with van der Waals surface area (Å²) >= 11 is 0. The number of aryl methyl sites for hydroxylation is 1. The number of carbonyl (C=O) groups is 2. The number of hydrogen-bond acceptors (Lipinski definition) is 6. The van der Waals surface area contributed by atoms with Gasteiger partial charge in [0, 0.05) is 18.4 Å². The van der Waals surface area contributed by atoms with Gasteiger partial charge in [-0.1, -0.05) is 53.7 Å². The van der Waals surface area contributed by atoms with Gasteiger partial charge in [-0.2, -0.15) is 5.01 Å². The Balaban J connectivity index is 1.87. The predicted octanol–water partition coefficient (Wildman–Crippen LogP) is 2.76. The molecule has 0 aromatic heterocycles. The van der Waals surface area contributed by atoms with Crippen LogP contribution in [-0.2, 0) is 20.0 Å². The number of nitrogens with two attached hydrogens (primary N) is 1. The Morgan fingerprint density at radius 3 is 2.27 bits per heavy atom. The molecule has 2 amide bonds. The maximum atomic E-state index is 13.3. The number of carbonyl (C=O) groups excluding carboxylic acids is 2. The van der Waals surface area contributed by atoms with Crippen LogP contribution in [0, 0.1) is 12.3 Å². The van der Waals surface area contributed by atoms with Crippen LogP contribution >= 0.6 is 0 Å². The molecule has 200 valence electrons. The zero-order valence-electron chi connectivity index (χ0n) is 22.8. The Morgan fingerprint density at radius 2 is 1.68 bits per heavy atom. The maximum Gasteiger partial charge on any atom is 0.274 e. The van der Waals surface area contributed by atoms with Gasteiger partial charge in [0.2, 0.25) is 0 Å². The number of hydrogen-bond donors (Lipinski definition) is 4. The number of anilines is 2. The molecule has 0 fully saturated rings. The lowest BCUT2D eigenvalue weighted by Gasteiger charge is -2.21. The standard InChI is InChI=1S/C27H37N5O4S/c1-17-9-10-18(13-22(17)32-15-21(30-31-32)25(34)28-16-26(2,3)4)24(33)29-20-14-19(27(5,6)7)11-12-23(20)37(8,35)36/h9-15,30-31H,16H2,1-8H3,(H,28,34)(H,29,33)/p+1. The molecule has 9 nitrogen and oxygen atoms in total. The van der Waals surface area contributed by atoms with E-state index in [-0.39, 0.29) is 27.3 Å². The lowest BCUT2D eigenvalue weighted by Crippen LogP contribution is -2.98. The number of rotatable bonds is 6. The van der Waals surface area contributed by atoms with E-state index >= 15 is 0 Å². The normalized spacial score (nSPS) is 14.2. The molecule has 0 spiro atoms. The van der Waals surface area contributed by atoms with Crippen molar-refractivity contribution in [2.24, 2.45) is 5.41 Å². The van der Waals surface area contributed by atoms with E-state index in [0.29, 0.717) is 23.5 Å². The fourth-order valence-electron chi connectivity index (χ4n) is 3.70. The van der Waals surface area contributed by atoms with Crippen molar-refractivity contribution in [3.63, 3.8) is 0 Å². The van der Waals surface area contributed by atoms with E-state index in [9.17, 15) is 18.0 Å². The first-order chi connectivity index (χ1) is 17.0. The molecule has 0 unspecified atom stereocenters. The van der Waals surface area contributed by atoms with Gasteiger partial charge in [0.05, 0.1) is 22.5 Å². The third-order valence-corrected chi connectivity index (χ3v) is 7.05. The van der Waals surface area contributed by atoms with Gasteiger partial charge in [0.25, 0.3) is 11.8 Å². The maximum absolute atomic E-state index is 13.3. The van der Waals surface area contributed by atoms with E-state index in [1.807, 2.05) is 54.5 Å². The molecule has 0 saturated heterocycles. The minimum atomic E-state index is -3.56. The Labute approximate surface area is 219 Å². The highest BCUT2D eigenvalue weighted by atomic mass is 32.2. The molecule has 0 atom stereocenters. The zero-order chi connectivity index (χ0) is 27.8. The molecule has 0 radical (unpaired) electrons. The smallest absolute Gasteiger partial charge is 0.274 e. The molecule has 2 aromatic rings. The third-order valence-electron chi connectivity index (χ3n) is 5.89. The van der Waals surface area contributed by atoms with E-state index in [4.69, 9.17) is 0 Å². The van der Waals surface area contributed by atoms with Crippen molar-refractivity contribution in [1.29, 1.82) is 0 Å². The number of nitrogens with one attached hydrogen (secondary N) is 3. The molecule has 0 saturated carbocycles. The molecule has 10 heteroatoms. The van der Waals surface area contributed by atoms with Crippen LogP contribution < -0.4 is 26.6 Å². The second-order valence-electron chi connectivity index (χ2n) is 11.7. The quantitative estimate of drug-likeness (QED) is 0.428. The largest absolute Gasteiger partial charge is 0.350 e. The number of sulfone groups is 1. The average molecular weight is 529 g/mol. The summed E-state index contributed by atoms with van der Waals surface area (Å²) in [6.45, 7) is 14.6. The van der Waals surface area contributed by atoms with Crippen molar-refractivity contribution in [2.45, 2.75) is 58.8 Å². The van der Waals surface area contributed by atoms with E-state index in [0.717, 1.165) is 17.4 Å². The fourth-order valence-corrected chi connectivity index (χ4v) is 4.52. The van der Waals surface area contributed by atoms with Crippen molar-refractivity contribution in [3.8, 4) is 0 Å². The van der Waals surface area contributed by atoms with Gasteiger partial charge in [0.1, 0.15) is 0 Å². The molecule has 1 heterocycles. The van der Waals surface area contributed by atoms with Crippen molar-refractivity contribution in [3.05, 3.63) is 65.0 Å². The molecule has 2 aromatic carbocycles. The van der Waals surface area contributed by atoms with Crippen LogP contribution in [-0.4, -0.2) is 33.0 Å². The molecule has 0 bridgehead atoms. The van der Waals surface area contributed by atoms with Crippen LogP contribution in [0.1, 0.15) is 63.0 Å². The first-order valence-corrected chi connectivity index (χ1v) is 14.0. The second kappa shape index (κ2) is 10.2. The summed E-state index contributed by atoms with van der Waals surface area (Å²) in [5, 5.41) is 7.46. The topological polar surface area (TPSA) is 124 Å². The summed E-state index contributed by atoms with van der Waals surface area (Å²) in [6.07, 6.45) is 2.80. The highest BCUT2D eigenvalue weighted by Crippen LogP contribution is 2.30. The lowest BCUT2D eigenvalue weighted by atomic mass is 9.87. The van der Waals surface area contributed by atoms with E-state index in [2.05, 4.69) is 16.1 Å². The Kier molecular flexibility index (Phi) is 7.76. The van der Waals surface area contributed by atoms with Crippen LogP contribution in [0.25, 0.3) is 0 Å². The molecule has 3 rings (SSSR count). The minimum absolute atomic E-state index is 0.0418. The molecule has 1 aliphatic rings. The van der Waals surface area contributed by atoms with E-state index < -0.39 is 15.7 Å². The summed E-state index contributed by atoms with van der Waals surface area (Å²) in [5.41, 5.74) is 7.88.